The van der Waals surface area contributed by atoms with Gasteiger partial charge in [0.05, 0.1) is 11.7 Å². The summed E-state index contributed by atoms with van der Waals surface area (Å²) < 4.78 is 78.1. The van der Waals surface area contributed by atoms with Gasteiger partial charge in [0.15, 0.2) is 0 Å². The lowest BCUT2D eigenvalue weighted by Gasteiger charge is -2.24. The number of amides is 2. The predicted molar refractivity (Wildman–Crippen MR) is 113 cm³/mol. The molecule has 7 nitrogen and oxygen atoms in total. The number of halogens is 6. The number of benzene rings is 1. The molecule has 1 N–H and O–H groups in total. The molecule has 0 saturated heterocycles. The Balaban J connectivity index is 2.53. The molecule has 1 heterocycles. The highest BCUT2D eigenvalue weighted by Gasteiger charge is 2.45. The molecule has 2 rings (SSSR count). The number of nitrogens with zero attached hydrogens (tertiary/aromatic N) is 2. The molecule has 0 aliphatic rings. The van der Waals surface area contributed by atoms with Crippen molar-refractivity contribution in [3.8, 4) is 11.3 Å². The molecule has 1 aromatic heterocycles. The number of alkyl halides is 6. The van der Waals surface area contributed by atoms with Crippen LogP contribution < -0.4 is 15.8 Å². The number of aromatic nitrogens is 1. The van der Waals surface area contributed by atoms with E-state index in [2.05, 4.69) is 0 Å². The van der Waals surface area contributed by atoms with Crippen molar-refractivity contribution in [2.24, 2.45) is 5.92 Å². The van der Waals surface area contributed by atoms with E-state index in [1.54, 1.807) is 18.2 Å². The summed E-state index contributed by atoms with van der Waals surface area (Å²) in [4.78, 5) is 49.1. The summed E-state index contributed by atoms with van der Waals surface area (Å²) in [5.41, 5.74) is -1.48. The van der Waals surface area contributed by atoms with Crippen molar-refractivity contribution in [1.29, 1.82) is 0 Å². The van der Waals surface area contributed by atoms with E-state index in [-0.39, 0.29) is 10.6 Å². The van der Waals surface area contributed by atoms with Crippen LogP contribution in [0.4, 0.5) is 32.0 Å². The highest BCUT2D eigenvalue weighted by atomic mass is 19.4. The van der Waals surface area contributed by atoms with Crippen molar-refractivity contribution in [1.82, 2.24) is 9.88 Å². The van der Waals surface area contributed by atoms with Crippen LogP contribution in [0.3, 0.4) is 0 Å². The Hall–Kier alpha value is -3.64. The van der Waals surface area contributed by atoms with Gasteiger partial charge >= 0.3 is 18.3 Å². The molecule has 0 saturated carbocycles. The highest BCUT2D eigenvalue weighted by Crippen LogP contribution is 2.24. The number of carbonyl (C=O) groups is 3. The van der Waals surface area contributed by atoms with Crippen molar-refractivity contribution < 1.29 is 40.7 Å². The van der Waals surface area contributed by atoms with Crippen LogP contribution in [0.25, 0.3) is 11.3 Å². The number of carbonyl (C=O) groups excluding carboxylic acids is 3. The van der Waals surface area contributed by atoms with Crippen LogP contribution in [-0.2, 0) is 20.9 Å². The average molecular weight is 505 g/mol. The molecule has 0 aliphatic carbocycles. The number of nitrogens with one attached hydrogen (secondary N) is 1. The second-order valence-corrected chi connectivity index (χ2v) is 7.87. The molecule has 1 aromatic carbocycles. The molecule has 0 radical (unpaired) electrons. The van der Waals surface area contributed by atoms with E-state index in [9.17, 15) is 45.5 Å². The Bertz CT molecular complexity index is 1160. The van der Waals surface area contributed by atoms with Crippen molar-refractivity contribution in [3.05, 3.63) is 52.8 Å². The van der Waals surface area contributed by atoms with Crippen LogP contribution in [-0.4, -0.2) is 47.6 Å². The number of hydrogen-bond acceptors (Lipinski definition) is 4. The summed E-state index contributed by atoms with van der Waals surface area (Å²) in [7, 11) is 0.718. The second-order valence-electron chi connectivity index (χ2n) is 7.87. The van der Waals surface area contributed by atoms with Gasteiger partial charge in [-0.2, -0.15) is 26.3 Å². The van der Waals surface area contributed by atoms with E-state index in [0.29, 0.717) is 5.56 Å². The van der Waals surface area contributed by atoms with Crippen LogP contribution in [0, 0.1) is 5.92 Å². The summed E-state index contributed by atoms with van der Waals surface area (Å²) in [6.07, 6.45) is -10.5. The summed E-state index contributed by atoms with van der Waals surface area (Å²) in [6.45, 7) is 1.61. The maximum Gasteiger partial charge on any atom is 0.471 e. The lowest BCUT2D eigenvalue weighted by atomic mass is 9.99. The molecule has 1 atom stereocenters. The Morgan fingerprint density at radius 1 is 0.943 bits per heavy atom. The quantitative estimate of drug-likeness (QED) is 0.585. The summed E-state index contributed by atoms with van der Waals surface area (Å²) >= 11 is 0. The van der Waals surface area contributed by atoms with E-state index in [1.165, 1.54) is 32.0 Å². The van der Waals surface area contributed by atoms with Gasteiger partial charge in [0.25, 0.3) is 11.3 Å². The highest BCUT2D eigenvalue weighted by molar-refractivity contribution is 5.97. The predicted octanol–water partition coefficient (Wildman–Crippen LogP) is 3.31. The number of hydrogen-bond donors (Lipinski definition) is 1. The summed E-state index contributed by atoms with van der Waals surface area (Å²) in [5.74, 6) is -6.66. The van der Waals surface area contributed by atoms with Crippen LogP contribution in [0.2, 0.25) is 0 Å². The van der Waals surface area contributed by atoms with Crippen LogP contribution in [0.1, 0.15) is 13.8 Å². The topological polar surface area (TPSA) is 88.5 Å². The van der Waals surface area contributed by atoms with Crippen LogP contribution in [0.5, 0.6) is 0 Å². The third-order valence-electron chi connectivity index (χ3n) is 4.98. The number of anilines is 1. The minimum Gasteiger partial charge on any atom is -0.344 e. The molecular weight excluding hydrogens is 484 g/mol. The van der Waals surface area contributed by atoms with Gasteiger partial charge in [0.2, 0.25) is 5.91 Å². The van der Waals surface area contributed by atoms with Crippen molar-refractivity contribution in [3.63, 3.8) is 0 Å². The zero-order chi connectivity index (χ0) is 26.7. The first-order valence-electron chi connectivity index (χ1n) is 10.1. The molecule has 190 valence electrons. The maximum absolute atomic E-state index is 13.1. The van der Waals surface area contributed by atoms with Crippen LogP contribution in [0.15, 0.2) is 47.3 Å². The number of ketones is 1. The Kier molecular flexibility index (Phi) is 8.14. The first-order chi connectivity index (χ1) is 16.1. The lowest BCUT2D eigenvalue weighted by Crippen LogP contribution is -2.51. The average Bonchev–Trinajstić information content (AvgIpc) is 2.76. The van der Waals surface area contributed by atoms with E-state index in [0.717, 1.165) is 17.7 Å². The fraction of sp³-hybridized carbons (Fsp3) is 0.364. The van der Waals surface area contributed by atoms with Gasteiger partial charge in [-0.05, 0) is 23.6 Å². The van der Waals surface area contributed by atoms with Crippen molar-refractivity contribution in [2.45, 2.75) is 38.8 Å². The van der Waals surface area contributed by atoms with Crippen LogP contribution >= 0.6 is 0 Å². The summed E-state index contributed by atoms with van der Waals surface area (Å²) in [6, 6.07) is 8.06. The fourth-order valence-electron chi connectivity index (χ4n) is 3.21. The fourth-order valence-corrected chi connectivity index (χ4v) is 3.21. The molecular formula is C22H21F6N3O4. The number of pyridine rings is 1. The molecule has 2 amide bonds. The van der Waals surface area contributed by atoms with Crippen molar-refractivity contribution in [2.75, 3.05) is 11.9 Å². The van der Waals surface area contributed by atoms with E-state index in [1.807, 2.05) is 5.32 Å². The first kappa shape index (κ1) is 27.6. The Morgan fingerprint density at radius 2 is 1.51 bits per heavy atom. The molecule has 0 bridgehead atoms. The minimum absolute atomic E-state index is 0.0469. The van der Waals surface area contributed by atoms with Gasteiger partial charge < -0.3 is 10.2 Å². The SMILES string of the molecule is CC(C)C(NC(=O)Cn1c(-c2ccccc2)ccc(N(C)C(=O)C(F)(F)F)c1=O)C(=O)C(F)(F)F. The molecule has 1 unspecified atom stereocenters. The molecule has 0 spiro atoms. The van der Waals surface area contributed by atoms with Gasteiger partial charge in [-0.25, -0.2) is 0 Å². The van der Waals surface area contributed by atoms with Crippen molar-refractivity contribution >= 4 is 23.3 Å². The summed E-state index contributed by atoms with van der Waals surface area (Å²) in [5, 5.41) is 1.94. The third-order valence-corrected chi connectivity index (χ3v) is 4.98. The Morgan fingerprint density at radius 3 is 2.00 bits per heavy atom. The monoisotopic (exact) mass is 505 g/mol. The Labute approximate surface area is 195 Å². The van der Waals surface area contributed by atoms with Gasteiger partial charge in [0.1, 0.15) is 12.2 Å². The molecule has 0 aliphatic heterocycles. The standard InChI is InChI=1S/C22H21F6N3O4/c1-12(2)17(18(33)21(23,24)25)29-16(32)11-31-14(13-7-5-4-6-8-13)9-10-15(19(31)34)30(3)20(35)22(26,27)28/h4-10,12,17H,11H2,1-3H3,(H,29,32). The maximum atomic E-state index is 13.1. The van der Waals surface area contributed by atoms with E-state index < -0.39 is 59.7 Å². The first-order valence-corrected chi connectivity index (χ1v) is 10.1. The smallest absolute Gasteiger partial charge is 0.344 e. The normalized spacial score (nSPS) is 12.9. The lowest BCUT2D eigenvalue weighted by molar-refractivity contribution is -0.174. The van der Waals surface area contributed by atoms with Gasteiger partial charge in [-0.3, -0.25) is 23.7 Å². The second kappa shape index (κ2) is 10.3. The largest absolute Gasteiger partial charge is 0.471 e. The molecule has 13 heteroatoms. The minimum atomic E-state index is -5.29. The van der Waals surface area contributed by atoms with Gasteiger partial charge in [0, 0.05) is 7.05 Å². The molecule has 35 heavy (non-hydrogen) atoms. The number of Topliss-reactive ketones (excluding diaryl/α,β-unsaturated/α-hetero) is 1. The van der Waals surface area contributed by atoms with E-state index in [4.69, 9.17) is 0 Å². The number of rotatable bonds is 7. The zero-order valence-electron chi connectivity index (χ0n) is 18.7. The van der Waals surface area contributed by atoms with Gasteiger partial charge in [-0.1, -0.05) is 44.2 Å². The van der Waals surface area contributed by atoms with Gasteiger partial charge in [-0.15, -0.1) is 0 Å². The molecule has 0 fully saturated rings. The zero-order valence-corrected chi connectivity index (χ0v) is 18.7. The van der Waals surface area contributed by atoms with E-state index >= 15 is 0 Å². The molecule has 2 aromatic rings. The third kappa shape index (κ3) is 6.49.